The molecule has 0 fully saturated rings. The first-order valence-electron chi connectivity index (χ1n) is 2.85. The van der Waals surface area contributed by atoms with Gasteiger partial charge < -0.3 is 4.98 Å². The summed E-state index contributed by atoms with van der Waals surface area (Å²) in [5, 5.41) is 0. The Balaban J connectivity index is 2.88. The Morgan fingerprint density at radius 3 is 2.90 bits per heavy atom. The number of H-pyrrole nitrogens is 1. The summed E-state index contributed by atoms with van der Waals surface area (Å²) in [4.78, 5) is 16.7. The zero-order valence-electron chi connectivity index (χ0n) is 5.52. The van der Waals surface area contributed by atoms with Crippen LogP contribution in [-0.4, -0.2) is 15.8 Å². The normalized spacial score (nSPS) is 9.80. The number of hydrogen-bond donors (Lipinski definition) is 1. The number of Topliss-reactive ketones (excluding diaryl/α,β-unsaturated/α-hetero) is 1. The molecule has 0 aliphatic heterocycles. The average Bonchev–Trinajstić information content (AvgIpc) is 2.34. The monoisotopic (exact) mass is 142 g/mol. The van der Waals surface area contributed by atoms with Crippen molar-refractivity contribution in [3.05, 3.63) is 17.7 Å². The fraction of sp³-hybridized carbons (Fsp3) is 0.333. The molecule has 0 aromatic carbocycles. The van der Waals surface area contributed by atoms with Crippen molar-refractivity contribution < 1.29 is 9.18 Å². The van der Waals surface area contributed by atoms with E-state index in [0.717, 1.165) is 0 Å². The van der Waals surface area contributed by atoms with Crippen LogP contribution in [0.5, 0.6) is 0 Å². The largest absolute Gasteiger partial charge is 0.337 e. The van der Waals surface area contributed by atoms with Gasteiger partial charge in [-0.3, -0.25) is 4.79 Å². The standard InChI is InChI=1S/C6H7FN2O/c1-4(10)5-3-8-6(2-7)9-5/h3H,2H2,1H3,(H,8,9). The molecule has 0 aliphatic carbocycles. The molecule has 0 saturated heterocycles. The minimum Gasteiger partial charge on any atom is -0.337 e. The Hall–Kier alpha value is -1.19. The molecular weight excluding hydrogens is 135 g/mol. The van der Waals surface area contributed by atoms with Gasteiger partial charge in [-0.1, -0.05) is 0 Å². The molecule has 1 aromatic rings. The maximum absolute atomic E-state index is 11.8. The lowest BCUT2D eigenvalue weighted by Crippen LogP contribution is -1.91. The molecule has 10 heavy (non-hydrogen) atoms. The molecule has 3 nitrogen and oxygen atoms in total. The fourth-order valence-electron chi connectivity index (χ4n) is 0.609. The van der Waals surface area contributed by atoms with Crippen LogP contribution in [0.25, 0.3) is 0 Å². The van der Waals surface area contributed by atoms with Crippen LogP contribution in [0, 0.1) is 0 Å². The van der Waals surface area contributed by atoms with Gasteiger partial charge in [0.05, 0.1) is 6.20 Å². The van der Waals surface area contributed by atoms with Crippen LogP contribution in [0.1, 0.15) is 23.2 Å². The van der Waals surface area contributed by atoms with Gasteiger partial charge in [0.25, 0.3) is 0 Å². The number of nitrogens with zero attached hydrogens (tertiary/aromatic N) is 1. The molecule has 4 heteroatoms. The Morgan fingerprint density at radius 2 is 2.60 bits per heavy atom. The van der Waals surface area contributed by atoms with Crippen molar-refractivity contribution in [2.75, 3.05) is 0 Å². The van der Waals surface area contributed by atoms with Crippen molar-refractivity contribution in [3.8, 4) is 0 Å². The maximum atomic E-state index is 11.8. The van der Waals surface area contributed by atoms with Crippen LogP contribution < -0.4 is 0 Å². The number of imidazole rings is 1. The summed E-state index contributed by atoms with van der Waals surface area (Å²) in [6.07, 6.45) is 1.33. The number of aromatic amines is 1. The summed E-state index contributed by atoms with van der Waals surface area (Å²) >= 11 is 0. The van der Waals surface area contributed by atoms with E-state index in [1.165, 1.54) is 13.1 Å². The molecule has 0 radical (unpaired) electrons. The fourth-order valence-corrected chi connectivity index (χ4v) is 0.609. The molecule has 0 amide bonds. The molecule has 0 bridgehead atoms. The maximum Gasteiger partial charge on any atom is 0.177 e. The number of carbonyl (C=O) groups excluding carboxylic acids is 1. The minimum atomic E-state index is -0.659. The van der Waals surface area contributed by atoms with Gasteiger partial charge in [0.1, 0.15) is 18.2 Å². The topological polar surface area (TPSA) is 45.8 Å². The number of alkyl halides is 1. The van der Waals surface area contributed by atoms with Gasteiger partial charge in [-0.25, -0.2) is 9.37 Å². The van der Waals surface area contributed by atoms with E-state index in [1.54, 1.807) is 0 Å². The highest BCUT2D eigenvalue weighted by atomic mass is 19.1. The number of ketones is 1. The van der Waals surface area contributed by atoms with Crippen molar-refractivity contribution in [2.24, 2.45) is 0 Å². The zero-order chi connectivity index (χ0) is 7.56. The van der Waals surface area contributed by atoms with Crippen molar-refractivity contribution in [1.29, 1.82) is 0 Å². The number of hydrogen-bond acceptors (Lipinski definition) is 2. The first kappa shape index (κ1) is 6.92. The quantitative estimate of drug-likeness (QED) is 0.628. The summed E-state index contributed by atoms with van der Waals surface area (Å²) in [5.41, 5.74) is 0.354. The molecule has 1 N–H and O–H groups in total. The van der Waals surface area contributed by atoms with Crippen LogP contribution in [0.4, 0.5) is 4.39 Å². The van der Waals surface area contributed by atoms with E-state index in [2.05, 4.69) is 9.97 Å². The number of aromatic nitrogens is 2. The van der Waals surface area contributed by atoms with E-state index in [-0.39, 0.29) is 11.6 Å². The molecular formula is C6H7FN2O. The average molecular weight is 142 g/mol. The lowest BCUT2D eigenvalue weighted by molar-refractivity contribution is 0.101. The van der Waals surface area contributed by atoms with Gasteiger partial charge in [0.15, 0.2) is 5.78 Å². The molecule has 0 spiro atoms. The number of nitrogens with one attached hydrogen (secondary N) is 1. The highest BCUT2D eigenvalue weighted by molar-refractivity contribution is 5.91. The Labute approximate surface area is 57.3 Å². The molecule has 0 atom stereocenters. The van der Waals surface area contributed by atoms with Crippen molar-refractivity contribution in [1.82, 2.24) is 9.97 Å². The van der Waals surface area contributed by atoms with E-state index in [4.69, 9.17) is 0 Å². The first-order chi connectivity index (χ1) is 4.74. The van der Waals surface area contributed by atoms with Crippen LogP contribution in [-0.2, 0) is 6.67 Å². The summed E-state index contributed by atoms with van der Waals surface area (Å²) < 4.78 is 11.8. The third-order valence-electron chi connectivity index (χ3n) is 1.13. The van der Waals surface area contributed by atoms with Gasteiger partial charge in [-0.2, -0.15) is 0 Å². The second-order valence-corrected chi connectivity index (χ2v) is 1.93. The SMILES string of the molecule is CC(=O)c1cnc(CF)[nH]1. The van der Waals surface area contributed by atoms with Crippen molar-refractivity contribution in [2.45, 2.75) is 13.6 Å². The van der Waals surface area contributed by atoms with Crippen LogP contribution in [0.2, 0.25) is 0 Å². The number of halogens is 1. The summed E-state index contributed by atoms with van der Waals surface area (Å²) in [7, 11) is 0. The zero-order valence-corrected chi connectivity index (χ0v) is 5.52. The Kier molecular flexibility index (Phi) is 1.80. The second-order valence-electron chi connectivity index (χ2n) is 1.93. The lowest BCUT2D eigenvalue weighted by atomic mass is 10.3. The van der Waals surface area contributed by atoms with E-state index in [9.17, 15) is 9.18 Å². The first-order valence-corrected chi connectivity index (χ1v) is 2.85. The van der Waals surface area contributed by atoms with Crippen LogP contribution in [0.15, 0.2) is 6.20 Å². The van der Waals surface area contributed by atoms with Crippen LogP contribution >= 0.6 is 0 Å². The molecule has 54 valence electrons. The number of rotatable bonds is 2. The minimum absolute atomic E-state index is 0.132. The van der Waals surface area contributed by atoms with Crippen molar-refractivity contribution >= 4 is 5.78 Å². The summed E-state index contributed by atoms with van der Waals surface area (Å²) in [5.74, 6) is 0.0670. The van der Waals surface area contributed by atoms with Gasteiger partial charge in [0, 0.05) is 6.92 Å². The van der Waals surface area contributed by atoms with Gasteiger partial charge in [-0.15, -0.1) is 0 Å². The summed E-state index contributed by atoms with van der Waals surface area (Å²) in [6, 6.07) is 0. The van der Waals surface area contributed by atoms with Gasteiger partial charge in [0.2, 0.25) is 0 Å². The van der Waals surface area contributed by atoms with Gasteiger partial charge in [-0.05, 0) is 0 Å². The molecule has 0 saturated carbocycles. The highest BCUT2D eigenvalue weighted by Gasteiger charge is 2.02. The Morgan fingerprint density at radius 1 is 1.90 bits per heavy atom. The van der Waals surface area contributed by atoms with E-state index >= 15 is 0 Å². The lowest BCUT2D eigenvalue weighted by Gasteiger charge is -1.84. The van der Waals surface area contributed by atoms with Crippen LogP contribution in [0.3, 0.4) is 0 Å². The highest BCUT2D eigenvalue weighted by Crippen LogP contribution is 1.98. The molecule has 0 unspecified atom stereocenters. The van der Waals surface area contributed by atoms with E-state index in [0.29, 0.717) is 5.69 Å². The van der Waals surface area contributed by atoms with E-state index in [1.807, 2.05) is 0 Å². The predicted octanol–water partition coefficient (Wildman–Crippen LogP) is 1.08. The Bertz CT molecular complexity index is 244. The smallest absolute Gasteiger partial charge is 0.177 e. The third-order valence-corrected chi connectivity index (χ3v) is 1.13. The molecule has 1 rings (SSSR count). The third kappa shape index (κ3) is 1.21. The van der Waals surface area contributed by atoms with E-state index < -0.39 is 6.67 Å². The number of carbonyl (C=O) groups is 1. The van der Waals surface area contributed by atoms with Gasteiger partial charge >= 0.3 is 0 Å². The summed E-state index contributed by atoms with van der Waals surface area (Å²) in [6.45, 7) is 0.739. The predicted molar refractivity (Wildman–Crippen MR) is 33.4 cm³/mol. The molecule has 1 heterocycles. The molecule has 1 aromatic heterocycles. The van der Waals surface area contributed by atoms with Crippen molar-refractivity contribution in [3.63, 3.8) is 0 Å². The second kappa shape index (κ2) is 2.60. The molecule has 0 aliphatic rings.